The molecule has 122 valence electrons. The Morgan fingerprint density at radius 1 is 1.14 bits per heavy atom. The van der Waals surface area contributed by atoms with Gasteiger partial charge in [0.25, 0.3) is 0 Å². The minimum atomic E-state index is -3.43. The molecule has 6 heteroatoms. The lowest BCUT2D eigenvalue weighted by Gasteiger charge is -2.47. The molecular weight excluding hydrogens is 302 g/mol. The van der Waals surface area contributed by atoms with E-state index in [9.17, 15) is 13.5 Å². The molecule has 0 saturated carbocycles. The van der Waals surface area contributed by atoms with Crippen LogP contribution in [0.2, 0.25) is 0 Å². The number of hydrogen-bond donors (Lipinski definition) is 1. The molecule has 1 aromatic carbocycles. The van der Waals surface area contributed by atoms with Gasteiger partial charge < -0.3 is 9.84 Å². The molecule has 2 fully saturated rings. The fraction of sp³-hybridized carbons (Fsp3) is 0.625. The summed E-state index contributed by atoms with van der Waals surface area (Å²) in [5.41, 5.74) is -1.08. The molecule has 2 aliphatic heterocycles. The van der Waals surface area contributed by atoms with Crippen LogP contribution in [0.25, 0.3) is 0 Å². The van der Waals surface area contributed by atoms with Crippen LogP contribution in [0.3, 0.4) is 0 Å². The molecule has 1 unspecified atom stereocenters. The Bertz CT molecular complexity index is 619. The van der Waals surface area contributed by atoms with Gasteiger partial charge in [-0.1, -0.05) is 18.2 Å². The zero-order valence-electron chi connectivity index (χ0n) is 12.9. The van der Waals surface area contributed by atoms with Gasteiger partial charge in [0.05, 0.1) is 22.7 Å². The molecule has 2 saturated heterocycles. The number of rotatable bonds is 2. The predicted octanol–water partition coefficient (Wildman–Crippen LogP) is 1.77. The van der Waals surface area contributed by atoms with Crippen molar-refractivity contribution in [3.8, 4) is 0 Å². The lowest BCUT2D eigenvalue weighted by molar-refractivity contribution is -0.168. The molecule has 2 heterocycles. The summed E-state index contributed by atoms with van der Waals surface area (Å²) in [6.07, 6.45) is 2.49. The molecule has 0 amide bonds. The maximum Gasteiger partial charge on any atom is 0.243 e. The fourth-order valence-corrected chi connectivity index (χ4v) is 4.98. The lowest BCUT2D eigenvalue weighted by atomic mass is 9.78. The number of nitrogens with zero attached hydrogens (tertiary/aromatic N) is 1. The molecule has 3 rings (SSSR count). The van der Waals surface area contributed by atoms with Crippen molar-refractivity contribution in [2.75, 3.05) is 19.7 Å². The number of aliphatic hydroxyl groups is 1. The number of hydrogen-bond acceptors (Lipinski definition) is 4. The molecule has 0 aromatic heterocycles. The molecule has 1 atom stereocenters. The molecule has 1 spiro atoms. The third-order valence-corrected chi connectivity index (χ3v) is 6.68. The van der Waals surface area contributed by atoms with Crippen molar-refractivity contribution in [2.24, 2.45) is 0 Å². The highest BCUT2D eigenvalue weighted by Gasteiger charge is 2.45. The van der Waals surface area contributed by atoms with Crippen molar-refractivity contribution in [3.05, 3.63) is 30.3 Å². The van der Waals surface area contributed by atoms with Crippen LogP contribution in [-0.2, 0) is 14.8 Å². The molecule has 5 nitrogen and oxygen atoms in total. The Kier molecular flexibility index (Phi) is 4.05. The van der Waals surface area contributed by atoms with E-state index < -0.39 is 15.6 Å². The summed E-state index contributed by atoms with van der Waals surface area (Å²) in [4.78, 5) is 0.336. The molecule has 1 aromatic rings. The summed E-state index contributed by atoms with van der Waals surface area (Å²) < 4.78 is 32.7. The first-order valence-corrected chi connectivity index (χ1v) is 9.19. The third-order valence-electron chi connectivity index (χ3n) is 4.77. The van der Waals surface area contributed by atoms with Gasteiger partial charge in [-0.3, -0.25) is 0 Å². The predicted molar refractivity (Wildman–Crippen MR) is 83.0 cm³/mol. The zero-order chi connectivity index (χ0) is 15.8. The van der Waals surface area contributed by atoms with Crippen LogP contribution in [0, 0.1) is 0 Å². The zero-order valence-corrected chi connectivity index (χ0v) is 13.7. The Hall–Kier alpha value is -0.950. The minimum absolute atomic E-state index is 0.336. The van der Waals surface area contributed by atoms with Gasteiger partial charge in [-0.2, -0.15) is 4.31 Å². The van der Waals surface area contributed by atoms with Crippen LogP contribution in [0.15, 0.2) is 35.2 Å². The monoisotopic (exact) mass is 325 g/mol. The molecule has 0 radical (unpaired) electrons. The first-order chi connectivity index (χ1) is 10.3. The van der Waals surface area contributed by atoms with Crippen molar-refractivity contribution < 1.29 is 18.3 Å². The maximum atomic E-state index is 12.6. The van der Waals surface area contributed by atoms with E-state index in [4.69, 9.17) is 4.74 Å². The van der Waals surface area contributed by atoms with Crippen molar-refractivity contribution in [2.45, 2.75) is 48.7 Å². The number of ether oxygens (including phenoxy) is 1. The van der Waals surface area contributed by atoms with E-state index in [1.54, 1.807) is 24.3 Å². The van der Waals surface area contributed by atoms with Gasteiger partial charge in [0, 0.05) is 19.5 Å². The Morgan fingerprint density at radius 3 is 2.36 bits per heavy atom. The third kappa shape index (κ3) is 3.06. The second-order valence-electron chi connectivity index (χ2n) is 6.67. The Morgan fingerprint density at radius 2 is 1.77 bits per heavy atom. The summed E-state index contributed by atoms with van der Waals surface area (Å²) in [5, 5.41) is 10.3. The smallest absolute Gasteiger partial charge is 0.243 e. The number of sulfonamides is 1. The topological polar surface area (TPSA) is 66.8 Å². The number of piperidine rings is 1. The molecular formula is C16H23NO4S. The van der Waals surface area contributed by atoms with Crippen LogP contribution >= 0.6 is 0 Å². The quantitative estimate of drug-likeness (QED) is 0.900. The van der Waals surface area contributed by atoms with Gasteiger partial charge in [0.1, 0.15) is 0 Å². The van der Waals surface area contributed by atoms with Gasteiger partial charge in [-0.05, 0) is 38.3 Å². The van der Waals surface area contributed by atoms with Crippen LogP contribution in [-0.4, -0.2) is 48.7 Å². The first kappa shape index (κ1) is 15.9. The van der Waals surface area contributed by atoms with E-state index in [0.717, 1.165) is 0 Å². The Labute approximate surface area is 131 Å². The van der Waals surface area contributed by atoms with Gasteiger partial charge in [-0.15, -0.1) is 0 Å². The average molecular weight is 325 g/mol. The summed E-state index contributed by atoms with van der Waals surface area (Å²) in [5.74, 6) is 0. The van der Waals surface area contributed by atoms with E-state index in [1.807, 2.05) is 13.0 Å². The highest BCUT2D eigenvalue weighted by molar-refractivity contribution is 7.89. The molecule has 22 heavy (non-hydrogen) atoms. The first-order valence-electron chi connectivity index (χ1n) is 7.75. The van der Waals surface area contributed by atoms with Crippen molar-refractivity contribution in [3.63, 3.8) is 0 Å². The maximum absolute atomic E-state index is 12.6. The SMILES string of the molecule is CC1(O)CCOC2(CCN(S(=O)(=O)c3ccccc3)CC2)C1. The van der Waals surface area contributed by atoms with Gasteiger partial charge in [-0.25, -0.2) is 8.42 Å². The fourth-order valence-electron chi connectivity index (χ4n) is 3.52. The molecule has 1 N–H and O–H groups in total. The van der Waals surface area contributed by atoms with Crippen molar-refractivity contribution >= 4 is 10.0 Å². The summed E-state index contributed by atoms with van der Waals surface area (Å²) in [6, 6.07) is 8.53. The largest absolute Gasteiger partial charge is 0.390 e. The molecule has 2 aliphatic rings. The second kappa shape index (κ2) is 5.60. The summed E-state index contributed by atoms with van der Waals surface area (Å²) in [6.45, 7) is 3.25. The number of benzene rings is 1. The lowest BCUT2D eigenvalue weighted by Crippen LogP contribution is -2.54. The van der Waals surface area contributed by atoms with E-state index in [-0.39, 0.29) is 5.60 Å². The van der Waals surface area contributed by atoms with E-state index >= 15 is 0 Å². The van der Waals surface area contributed by atoms with Gasteiger partial charge in [0.15, 0.2) is 0 Å². The van der Waals surface area contributed by atoms with Crippen LogP contribution in [0.1, 0.15) is 32.6 Å². The standard InChI is InChI=1S/C16H23NO4S/c1-15(18)9-12-21-16(13-15)7-10-17(11-8-16)22(19,20)14-5-3-2-4-6-14/h2-6,18H,7-13H2,1H3. The van der Waals surface area contributed by atoms with Crippen molar-refractivity contribution in [1.29, 1.82) is 0 Å². The summed E-state index contributed by atoms with van der Waals surface area (Å²) >= 11 is 0. The molecule has 0 aliphatic carbocycles. The van der Waals surface area contributed by atoms with E-state index in [2.05, 4.69) is 0 Å². The highest BCUT2D eigenvalue weighted by Crippen LogP contribution is 2.40. The second-order valence-corrected chi connectivity index (χ2v) is 8.61. The van der Waals surface area contributed by atoms with Crippen LogP contribution in [0.4, 0.5) is 0 Å². The highest BCUT2D eigenvalue weighted by atomic mass is 32.2. The van der Waals surface area contributed by atoms with Crippen LogP contribution in [0.5, 0.6) is 0 Å². The minimum Gasteiger partial charge on any atom is -0.390 e. The normalized spacial score (nSPS) is 29.5. The van der Waals surface area contributed by atoms with Gasteiger partial charge >= 0.3 is 0 Å². The van der Waals surface area contributed by atoms with E-state index in [0.29, 0.717) is 50.3 Å². The van der Waals surface area contributed by atoms with Crippen LogP contribution < -0.4 is 0 Å². The average Bonchev–Trinajstić information content (AvgIpc) is 2.47. The van der Waals surface area contributed by atoms with E-state index in [1.165, 1.54) is 4.31 Å². The Balaban J connectivity index is 1.72. The molecule has 0 bridgehead atoms. The van der Waals surface area contributed by atoms with Gasteiger partial charge in [0.2, 0.25) is 10.0 Å². The van der Waals surface area contributed by atoms with Crippen molar-refractivity contribution in [1.82, 2.24) is 4.31 Å². The summed E-state index contributed by atoms with van der Waals surface area (Å²) in [7, 11) is -3.43.